The van der Waals surface area contributed by atoms with Gasteiger partial charge >= 0.3 is 0 Å². The lowest BCUT2D eigenvalue weighted by Crippen LogP contribution is -2.55. The van der Waals surface area contributed by atoms with E-state index in [-0.39, 0.29) is 6.10 Å². The topological polar surface area (TPSA) is 99.4 Å². The minimum absolute atomic E-state index is 0.106. The van der Waals surface area contributed by atoms with Gasteiger partial charge in [0.15, 0.2) is 0 Å². The van der Waals surface area contributed by atoms with Crippen molar-refractivity contribution in [2.45, 2.75) is 75.7 Å². The number of benzene rings is 2. The molecule has 4 rings (SSSR count). The van der Waals surface area contributed by atoms with E-state index in [1.165, 1.54) is 5.56 Å². The van der Waals surface area contributed by atoms with Crippen LogP contribution in [0.4, 0.5) is 0 Å². The Morgan fingerprint density at radius 3 is 2.28 bits per heavy atom. The predicted molar refractivity (Wildman–Crippen MR) is 121 cm³/mol. The highest BCUT2D eigenvalue weighted by Crippen LogP contribution is 2.40. The molecule has 32 heavy (non-hydrogen) atoms. The number of ether oxygens (including phenoxy) is 2. The second-order valence-corrected chi connectivity index (χ2v) is 9.14. The average Bonchev–Trinajstić information content (AvgIpc) is 2.77. The van der Waals surface area contributed by atoms with E-state index in [9.17, 15) is 20.4 Å². The van der Waals surface area contributed by atoms with Gasteiger partial charge in [-0.3, -0.25) is 0 Å². The fourth-order valence-corrected chi connectivity index (χ4v) is 4.44. The number of hydrogen-bond acceptors (Lipinski definition) is 6. The number of halogens is 1. The standard InChI is InChI=1S/C25H31ClO6/c1-2-14-6-8-15(9-7-14)10-16-11-17(12-19(21(16)26)31-18-4-3-5-18)25-24(30)23(29)22(28)20(13-27)32-25/h6-9,11-12,18,20,22-25,27-30H,2-5,10,13H2,1H3/t20-,22-,23+,24-,25+/m1/s1. The molecule has 174 valence electrons. The summed E-state index contributed by atoms with van der Waals surface area (Å²) in [4.78, 5) is 0. The SMILES string of the molecule is CCc1ccc(Cc2cc([C@@H]3O[C@H](CO)[C@@H](O)[C@H](O)[C@H]3O)cc(OC3CCC3)c2Cl)cc1. The number of hydrogen-bond donors (Lipinski definition) is 4. The van der Waals surface area contributed by atoms with Gasteiger partial charge in [0.2, 0.25) is 0 Å². The Labute approximate surface area is 193 Å². The van der Waals surface area contributed by atoms with E-state index in [0.29, 0.717) is 22.8 Å². The molecular formula is C25H31ClO6. The van der Waals surface area contributed by atoms with E-state index < -0.39 is 37.1 Å². The smallest absolute Gasteiger partial charge is 0.138 e. The van der Waals surface area contributed by atoms with Crippen LogP contribution in [0.5, 0.6) is 5.75 Å². The average molecular weight is 463 g/mol. The van der Waals surface area contributed by atoms with Gasteiger partial charge in [-0.25, -0.2) is 0 Å². The van der Waals surface area contributed by atoms with Crippen LogP contribution in [0.2, 0.25) is 5.02 Å². The third-order valence-corrected chi connectivity index (χ3v) is 6.96. The first-order chi connectivity index (χ1) is 15.4. The Morgan fingerprint density at radius 2 is 1.69 bits per heavy atom. The molecule has 5 atom stereocenters. The summed E-state index contributed by atoms with van der Waals surface area (Å²) in [5.41, 5.74) is 3.74. The molecular weight excluding hydrogens is 432 g/mol. The van der Waals surface area contributed by atoms with Crippen LogP contribution >= 0.6 is 11.6 Å². The molecule has 2 aliphatic rings. The molecule has 1 heterocycles. The summed E-state index contributed by atoms with van der Waals surface area (Å²) >= 11 is 6.74. The third kappa shape index (κ3) is 4.81. The highest BCUT2D eigenvalue weighted by atomic mass is 35.5. The van der Waals surface area contributed by atoms with E-state index >= 15 is 0 Å². The Morgan fingerprint density at radius 1 is 1.00 bits per heavy atom. The van der Waals surface area contributed by atoms with Crippen LogP contribution in [0.15, 0.2) is 36.4 Å². The van der Waals surface area contributed by atoms with E-state index in [4.69, 9.17) is 21.1 Å². The molecule has 1 saturated heterocycles. The fourth-order valence-electron chi connectivity index (χ4n) is 4.22. The van der Waals surface area contributed by atoms with Crippen LogP contribution in [0, 0.1) is 0 Å². The summed E-state index contributed by atoms with van der Waals surface area (Å²) < 4.78 is 11.9. The highest BCUT2D eigenvalue weighted by molar-refractivity contribution is 6.32. The van der Waals surface area contributed by atoms with Crippen LogP contribution in [-0.4, -0.2) is 57.6 Å². The molecule has 2 aromatic carbocycles. The van der Waals surface area contributed by atoms with Gasteiger partial charge in [0.1, 0.15) is 36.3 Å². The van der Waals surface area contributed by atoms with Gasteiger partial charge in [0, 0.05) is 0 Å². The molecule has 1 aliphatic carbocycles. The van der Waals surface area contributed by atoms with Crippen molar-refractivity contribution in [1.29, 1.82) is 0 Å². The van der Waals surface area contributed by atoms with Gasteiger partial charge in [-0.2, -0.15) is 0 Å². The predicted octanol–water partition coefficient (Wildman–Crippen LogP) is 2.94. The molecule has 0 bridgehead atoms. The molecule has 4 N–H and O–H groups in total. The number of aliphatic hydroxyl groups is 4. The quantitative estimate of drug-likeness (QED) is 0.505. The molecule has 0 unspecified atom stereocenters. The molecule has 1 aliphatic heterocycles. The van der Waals surface area contributed by atoms with Crippen molar-refractivity contribution < 1.29 is 29.9 Å². The maximum absolute atomic E-state index is 10.6. The largest absolute Gasteiger partial charge is 0.489 e. The van der Waals surface area contributed by atoms with Crippen molar-refractivity contribution in [2.24, 2.45) is 0 Å². The first-order valence-corrected chi connectivity index (χ1v) is 11.7. The normalized spacial score (nSPS) is 28.4. The van der Waals surface area contributed by atoms with Crippen LogP contribution in [-0.2, 0) is 17.6 Å². The second kappa shape index (κ2) is 10.1. The summed E-state index contributed by atoms with van der Waals surface area (Å²) in [5, 5.41) is 41.1. The van der Waals surface area contributed by atoms with Crippen LogP contribution in [0.3, 0.4) is 0 Å². The summed E-state index contributed by atoms with van der Waals surface area (Å²) in [7, 11) is 0. The maximum atomic E-state index is 10.6. The van der Waals surface area contributed by atoms with Crippen molar-refractivity contribution in [2.75, 3.05) is 6.61 Å². The number of aryl methyl sites for hydroxylation is 1. The second-order valence-electron chi connectivity index (χ2n) is 8.76. The molecule has 2 fully saturated rings. The van der Waals surface area contributed by atoms with E-state index in [2.05, 4.69) is 31.2 Å². The Balaban J connectivity index is 1.69. The van der Waals surface area contributed by atoms with Crippen molar-refractivity contribution in [3.63, 3.8) is 0 Å². The van der Waals surface area contributed by atoms with Gasteiger partial charge in [0.05, 0.1) is 17.7 Å². The maximum Gasteiger partial charge on any atom is 0.138 e. The van der Waals surface area contributed by atoms with Crippen molar-refractivity contribution in [3.8, 4) is 5.75 Å². The molecule has 0 aromatic heterocycles. The number of aliphatic hydroxyl groups excluding tert-OH is 4. The Bertz CT molecular complexity index is 911. The lowest BCUT2D eigenvalue weighted by molar-refractivity contribution is -0.231. The summed E-state index contributed by atoms with van der Waals surface area (Å²) in [6, 6.07) is 11.9. The minimum atomic E-state index is -1.44. The Kier molecular flexibility index (Phi) is 7.40. The lowest BCUT2D eigenvalue weighted by Gasteiger charge is -2.40. The van der Waals surface area contributed by atoms with Gasteiger partial charge < -0.3 is 29.9 Å². The first kappa shape index (κ1) is 23.5. The van der Waals surface area contributed by atoms with E-state index in [1.54, 1.807) is 6.07 Å². The molecule has 0 amide bonds. The Hall–Kier alpha value is -1.67. The van der Waals surface area contributed by atoms with Gasteiger partial charge in [0.25, 0.3) is 0 Å². The third-order valence-electron chi connectivity index (χ3n) is 6.53. The molecule has 0 spiro atoms. The van der Waals surface area contributed by atoms with Gasteiger partial charge in [-0.1, -0.05) is 48.9 Å². The summed E-state index contributed by atoms with van der Waals surface area (Å²) in [6.07, 6.45) is -1.43. The van der Waals surface area contributed by atoms with E-state index in [1.807, 2.05) is 6.07 Å². The zero-order valence-electron chi connectivity index (χ0n) is 18.2. The van der Waals surface area contributed by atoms with Crippen LogP contribution in [0.1, 0.15) is 54.5 Å². The fraction of sp³-hybridized carbons (Fsp3) is 0.520. The molecule has 1 saturated carbocycles. The minimum Gasteiger partial charge on any atom is -0.489 e. The van der Waals surface area contributed by atoms with Crippen molar-refractivity contribution >= 4 is 11.6 Å². The highest BCUT2D eigenvalue weighted by Gasteiger charge is 2.44. The monoisotopic (exact) mass is 462 g/mol. The van der Waals surface area contributed by atoms with Crippen molar-refractivity contribution in [3.05, 3.63) is 63.7 Å². The molecule has 6 nitrogen and oxygen atoms in total. The van der Waals surface area contributed by atoms with Gasteiger partial charge in [-0.05, 0) is 60.4 Å². The molecule has 0 radical (unpaired) electrons. The van der Waals surface area contributed by atoms with Crippen LogP contribution < -0.4 is 4.74 Å². The molecule has 7 heteroatoms. The van der Waals surface area contributed by atoms with Gasteiger partial charge in [-0.15, -0.1) is 0 Å². The zero-order valence-corrected chi connectivity index (χ0v) is 18.9. The number of rotatable bonds is 7. The molecule has 2 aromatic rings. The summed E-state index contributed by atoms with van der Waals surface area (Å²) in [6.45, 7) is 1.64. The zero-order chi connectivity index (χ0) is 22.8. The van der Waals surface area contributed by atoms with E-state index in [0.717, 1.165) is 36.8 Å². The van der Waals surface area contributed by atoms with Crippen molar-refractivity contribution in [1.82, 2.24) is 0 Å². The first-order valence-electron chi connectivity index (χ1n) is 11.3. The van der Waals surface area contributed by atoms with Crippen LogP contribution in [0.25, 0.3) is 0 Å². The lowest BCUT2D eigenvalue weighted by atomic mass is 9.89. The summed E-state index contributed by atoms with van der Waals surface area (Å²) in [5.74, 6) is 0.519.